The maximum absolute atomic E-state index is 10.8. The van der Waals surface area contributed by atoms with Gasteiger partial charge in [0, 0.05) is 24.2 Å². The van der Waals surface area contributed by atoms with Crippen molar-refractivity contribution in [3.63, 3.8) is 0 Å². The minimum atomic E-state index is -0.576. The van der Waals surface area contributed by atoms with E-state index < -0.39 is 11.9 Å². The molecule has 0 atom stereocenters. The van der Waals surface area contributed by atoms with Crippen LogP contribution in [-0.2, 0) is 4.79 Å². The summed E-state index contributed by atoms with van der Waals surface area (Å²) in [6.07, 6.45) is 7.63. The Labute approximate surface area is 168 Å². The van der Waals surface area contributed by atoms with E-state index in [1.165, 1.54) is 12.3 Å². The van der Waals surface area contributed by atoms with Crippen LogP contribution in [0.1, 0.15) is 17.8 Å². The fourth-order valence-corrected chi connectivity index (χ4v) is 1.64. The van der Waals surface area contributed by atoms with Gasteiger partial charge in [0.25, 0.3) is 5.91 Å². The van der Waals surface area contributed by atoms with Crippen molar-refractivity contribution in [2.24, 2.45) is 10.7 Å². The van der Waals surface area contributed by atoms with E-state index in [0.717, 1.165) is 0 Å². The van der Waals surface area contributed by atoms with Crippen LogP contribution in [0, 0.1) is 0 Å². The second-order valence-electron chi connectivity index (χ2n) is 4.89. The van der Waals surface area contributed by atoms with Gasteiger partial charge in [0.1, 0.15) is 0 Å². The van der Waals surface area contributed by atoms with Gasteiger partial charge in [-0.2, -0.15) is 0 Å². The van der Waals surface area contributed by atoms with Crippen LogP contribution in [0.5, 0.6) is 0 Å². The van der Waals surface area contributed by atoms with Crippen LogP contribution in [0.3, 0.4) is 0 Å². The van der Waals surface area contributed by atoms with E-state index >= 15 is 0 Å². The molecule has 0 bridgehead atoms. The van der Waals surface area contributed by atoms with Gasteiger partial charge in [-0.1, -0.05) is 25.6 Å². The highest BCUT2D eigenvalue weighted by Gasteiger charge is 1.99. The molecule has 9 nitrogen and oxygen atoms in total. The number of nitrogen functional groups attached to an aromatic ring is 1. The number of primary amides is 1. The Bertz CT molecular complexity index is 899. The lowest BCUT2D eigenvalue weighted by Crippen LogP contribution is -2.19. The summed E-state index contributed by atoms with van der Waals surface area (Å²) in [6.45, 7) is 0. The Morgan fingerprint density at radius 2 is 1.55 bits per heavy atom. The quantitative estimate of drug-likeness (QED) is 0.448. The number of carbonyl (C=O) groups excluding carboxylic acids is 3. The molecule has 0 unspecified atom stereocenters. The fourth-order valence-electron chi connectivity index (χ4n) is 1.64. The summed E-state index contributed by atoms with van der Waals surface area (Å²) in [5, 5.41) is 2.38. The van der Waals surface area contributed by atoms with Crippen molar-refractivity contribution in [3.05, 3.63) is 84.9 Å². The number of amides is 3. The van der Waals surface area contributed by atoms with Crippen molar-refractivity contribution >= 4 is 29.4 Å². The van der Waals surface area contributed by atoms with Crippen LogP contribution in [-0.4, -0.2) is 28.0 Å². The van der Waals surface area contributed by atoms with E-state index in [0.29, 0.717) is 16.9 Å². The molecule has 0 spiro atoms. The average molecular weight is 394 g/mol. The largest absolute Gasteiger partial charge is 0.397 e. The lowest BCUT2D eigenvalue weighted by atomic mass is 10.2. The normalized spacial score (nSPS) is 8.28. The topological polar surface area (TPSA) is 153 Å². The van der Waals surface area contributed by atoms with Crippen molar-refractivity contribution in [1.82, 2.24) is 9.97 Å². The molecule has 2 aromatic heterocycles. The molecule has 9 heteroatoms. The second-order valence-corrected chi connectivity index (χ2v) is 4.89. The Kier molecular flexibility index (Phi) is 12.6. The number of urea groups is 1. The summed E-state index contributed by atoms with van der Waals surface area (Å²) in [5.41, 5.74) is 11.9. The molecule has 150 valence electrons. The summed E-state index contributed by atoms with van der Waals surface area (Å²) in [6, 6.07) is 14.8. The van der Waals surface area contributed by atoms with E-state index in [4.69, 9.17) is 11.5 Å². The van der Waals surface area contributed by atoms with Gasteiger partial charge in [-0.15, -0.1) is 4.99 Å². The molecule has 1 aromatic carbocycles. The number of aromatic nitrogens is 2. The van der Waals surface area contributed by atoms with Crippen LogP contribution in [0.4, 0.5) is 16.2 Å². The molecule has 3 aromatic rings. The molecule has 2 heterocycles. The first-order valence-corrected chi connectivity index (χ1v) is 7.82. The van der Waals surface area contributed by atoms with E-state index in [1.807, 2.05) is 0 Å². The lowest BCUT2D eigenvalue weighted by molar-refractivity contribution is 0.100. The van der Waals surface area contributed by atoms with Crippen LogP contribution < -0.4 is 16.8 Å². The summed E-state index contributed by atoms with van der Waals surface area (Å²) in [4.78, 5) is 41.2. The number of nitrogens with zero attached hydrogens (tertiary/aromatic N) is 3. The third kappa shape index (κ3) is 11.8. The van der Waals surface area contributed by atoms with Crippen molar-refractivity contribution in [2.75, 3.05) is 11.1 Å². The minimum absolute atomic E-state index is 0. The van der Waals surface area contributed by atoms with Gasteiger partial charge < -0.3 is 16.8 Å². The Hall–Kier alpha value is -4.36. The maximum Gasteiger partial charge on any atom is 0.316 e. The van der Waals surface area contributed by atoms with E-state index in [1.54, 1.807) is 73.2 Å². The van der Waals surface area contributed by atoms with Crippen LogP contribution in [0.2, 0.25) is 0 Å². The number of aliphatic imine (C=N–C) groups is 1. The van der Waals surface area contributed by atoms with E-state index in [-0.39, 0.29) is 7.43 Å². The van der Waals surface area contributed by atoms with Gasteiger partial charge in [-0.05, 0) is 36.4 Å². The first-order chi connectivity index (χ1) is 13.5. The average Bonchev–Trinajstić information content (AvgIpc) is 2.71. The number of isocyanates is 1. The van der Waals surface area contributed by atoms with Gasteiger partial charge in [-0.3, -0.25) is 14.8 Å². The Morgan fingerprint density at radius 1 is 0.931 bits per heavy atom. The summed E-state index contributed by atoms with van der Waals surface area (Å²) < 4.78 is 0. The number of nitrogens with one attached hydrogen (secondary N) is 1. The SMILES string of the molecule is C.NC(=O)Nc1cccnc1.Nc1cccnc1.O=C=NC(=O)c1ccccc1. The first-order valence-electron chi connectivity index (χ1n) is 7.82. The Balaban J connectivity index is 0.000000408. The van der Waals surface area contributed by atoms with E-state index in [9.17, 15) is 14.4 Å². The molecule has 0 aliphatic rings. The van der Waals surface area contributed by atoms with Crippen molar-refractivity contribution in [1.29, 1.82) is 0 Å². The summed E-state index contributed by atoms with van der Waals surface area (Å²) >= 11 is 0. The molecule has 0 radical (unpaired) electrons. The molecule has 3 rings (SSSR count). The van der Waals surface area contributed by atoms with Crippen molar-refractivity contribution in [2.45, 2.75) is 7.43 Å². The molecule has 0 fully saturated rings. The van der Waals surface area contributed by atoms with Gasteiger partial charge in [-0.25, -0.2) is 9.59 Å². The van der Waals surface area contributed by atoms with Gasteiger partial charge in [0.05, 0.1) is 17.6 Å². The summed E-state index contributed by atoms with van der Waals surface area (Å²) in [7, 11) is 0. The standard InChI is InChI=1S/C8H5NO2.C6H7N3O.C5H6N2.CH4/c10-6-9-8(11)7-4-2-1-3-5-7;7-6(10)9-5-2-1-3-8-4-5;6-5-2-1-3-7-4-5;/h1-5H;1-4H,(H3,7,9,10);1-4H,6H2;1H4. The molecule has 0 saturated heterocycles. The molecular formula is C20H22N6O3. The highest BCUT2D eigenvalue weighted by Crippen LogP contribution is 2.00. The lowest BCUT2D eigenvalue weighted by Gasteiger charge is -1.97. The molecule has 29 heavy (non-hydrogen) atoms. The molecule has 0 aliphatic heterocycles. The van der Waals surface area contributed by atoms with E-state index in [2.05, 4.69) is 20.3 Å². The molecule has 0 aliphatic carbocycles. The van der Waals surface area contributed by atoms with Gasteiger partial charge in [0.2, 0.25) is 6.08 Å². The third-order valence-electron chi connectivity index (χ3n) is 2.78. The number of rotatable bonds is 2. The number of carbonyl (C=O) groups is 2. The van der Waals surface area contributed by atoms with Crippen LogP contribution >= 0.6 is 0 Å². The number of anilines is 2. The van der Waals surface area contributed by atoms with Crippen LogP contribution in [0.25, 0.3) is 0 Å². The monoisotopic (exact) mass is 394 g/mol. The molecule has 3 amide bonds. The highest BCUT2D eigenvalue weighted by molar-refractivity contribution is 5.97. The second kappa shape index (κ2) is 14.8. The first kappa shape index (κ1) is 24.6. The zero-order valence-electron chi connectivity index (χ0n) is 14.7. The smallest absolute Gasteiger partial charge is 0.316 e. The number of benzene rings is 1. The summed E-state index contributed by atoms with van der Waals surface area (Å²) in [5.74, 6) is -0.555. The highest BCUT2D eigenvalue weighted by atomic mass is 16.2. The maximum atomic E-state index is 10.8. The minimum Gasteiger partial charge on any atom is -0.397 e. The third-order valence-corrected chi connectivity index (χ3v) is 2.78. The predicted octanol–water partition coefficient (Wildman–Crippen LogP) is 3.03. The zero-order chi connectivity index (χ0) is 20.6. The van der Waals surface area contributed by atoms with Crippen LogP contribution in [0.15, 0.2) is 84.4 Å². The molecule has 0 saturated carbocycles. The molecule has 5 N–H and O–H groups in total. The zero-order valence-corrected chi connectivity index (χ0v) is 14.7. The fraction of sp³-hybridized carbons (Fsp3) is 0.0500. The van der Waals surface area contributed by atoms with Gasteiger partial charge >= 0.3 is 6.03 Å². The van der Waals surface area contributed by atoms with Crippen molar-refractivity contribution in [3.8, 4) is 0 Å². The number of pyridine rings is 2. The number of nitrogens with two attached hydrogens (primary N) is 2. The number of hydrogen-bond donors (Lipinski definition) is 3. The van der Waals surface area contributed by atoms with Crippen molar-refractivity contribution < 1.29 is 14.4 Å². The predicted molar refractivity (Wildman–Crippen MR) is 112 cm³/mol. The Morgan fingerprint density at radius 3 is 1.97 bits per heavy atom. The molecular weight excluding hydrogens is 372 g/mol. The number of hydrogen-bond acceptors (Lipinski definition) is 6. The van der Waals surface area contributed by atoms with Gasteiger partial charge in [0.15, 0.2) is 0 Å².